The predicted molar refractivity (Wildman–Crippen MR) is 150 cm³/mol. The van der Waals surface area contributed by atoms with Gasteiger partial charge in [0.25, 0.3) is 5.91 Å². The van der Waals surface area contributed by atoms with Crippen LogP contribution in [0, 0.1) is 0 Å². The SMILES string of the molecule is CN1CCN(c2ncc(C(=O)NCc3ccc(Cl)c(Cl)c3)c(C3(c4ccc(Cl)cc4)CCCC3)n2)CC1. The Balaban J connectivity index is 1.52. The number of anilines is 1. The maximum absolute atomic E-state index is 13.6. The van der Waals surface area contributed by atoms with Gasteiger partial charge in [-0.05, 0) is 55.3 Å². The van der Waals surface area contributed by atoms with E-state index in [1.54, 1.807) is 18.3 Å². The second-order valence-corrected chi connectivity index (χ2v) is 11.2. The van der Waals surface area contributed by atoms with Gasteiger partial charge in [0, 0.05) is 49.4 Å². The third-order valence-corrected chi connectivity index (χ3v) is 8.54. The molecule has 3 aromatic rings. The molecule has 0 bridgehead atoms. The van der Waals surface area contributed by atoms with Crippen LogP contribution in [-0.4, -0.2) is 54.0 Å². The molecule has 194 valence electrons. The van der Waals surface area contributed by atoms with Gasteiger partial charge < -0.3 is 15.1 Å². The molecular formula is C28H30Cl3N5O. The molecule has 0 spiro atoms. The van der Waals surface area contributed by atoms with E-state index < -0.39 is 0 Å². The van der Waals surface area contributed by atoms with Gasteiger partial charge in [-0.15, -0.1) is 0 Å². The third-order valence-electron chi connectivity index (χ3n) is 7.55. The molecule has 0 unspecified atom stereocenters. The number of halogens is 3. The molecule has 5 rings (SSSR count). The van der Waals surface area contributed by atoms with Crippen molar-refractivity contribution >= 4 is 46.7 Å². The van der Waals surface area contributed by atoms with Gasteiger partial charge in [-0.2, -0.15) is 0 Å². The molecule has 2 fully saturated rings. The lowest BCUT2D eigenvalue weighted by Gasteiger charge is -2.35. The molecule has 1 saturated heterocycles. The first kappa shape index (κ1) is 26.2. The molecule has 1 amide bonds. The predicted octanol–water partition coefficient (Wildman–Crippen LogP) is 5.98. The van der Waals surface area contributed by atoms with Gasteiger partial charge in [0.15, 0.2) is 0 Å². The minimum Gasteiger partial charge on any atom is -0.348 e. The summed E-state index contributed by atoms with van der Waals surface area (Å²) >= 11 is 18.5. The van der Waals surface area contributed by atoms with Crippen molar-refractivity contribution in [1.82, 2.24) is 20.2 Å². The van der Waals surface area contributed by atoms with Crippen LogP contribution in [0.1, 0.15) is 52.9 Å². The minimum absolute atomic E-state index is 0.203. The quantitative estimate of drug-likeness (QED) is 0.403. The lowest BCUT2D eigenvalue weighted by molar-refractivity contribution is 0.0947. The van der Waals surface area contributed by atoms with E-state index in [-0.39, 0.29) is 11.3 Å². The van der Waals surface area contributed by atoms with Crippen LogP contribution in [0.15, 0.2) is 48.7 Å². The number of nitrogens with one attached hydrogen (secondary N) is 1. The first-order valence-electron chi connectivity index (χ1n) is 12.6. The van der Waals surface area contributed by atoms with Crippen molar-refractivity contribution < 1.29 is 4.79 Å². The number of piperazine rings is 1. The second kappa shape index (κ2) is 11.2. The van der Waals surface area contributed by atoms with E-state index in [1.165, 1.54) is 0 Å². The van der Waals surface area contributed by atoms with Gasteiger partial charge in [-0.3, -0.25) is 4.79 Å². The standard InChI is InChI=1S/C28H30Cl3N5O/c1-35-12-14-36(15-13-35)27-33-18-22(26(37)32-17-19-4-9-23(30)24(31)16-19)25(34-27)28(10-2-3-11-28)20-5-7-21(29)8-6-20/h4-9,16,18H,2-3,10-15,17H2,1H3,(H,32,37). The van der Waals surface area contributed by atoms with Crippen molar-refractivity contribution in [2.24, 2.45) is 0 Å². The summed E-state index contributed by atoms with van der Waals surface area (Å²) in [6, 6.07) is 13.3. The highest BCUT2D eigenvalue weighted by atomic mass is 35.5. The summed E-state index contributed by atoms with van der Waals surface area (Å²) in [6.45, 7) is 3.93. The molecule has 6 nitrogen and oxygen atoms in total. The summed E-state index contributed by atoms with van der Waals surface area (Å²) in [5.74, 6) is 0.482. The smallest absolute Gasteiger partial charge is 0.255 e. The largest absolute Gasteiger partial charge is 0.348 e. The molecule has 1 aromatic heterocycles. The molecule has 2 heterocycles. The average Bonchev–Trinajstić information content (AvgIpc) is 3.41. The van der Waals surface area contributed by atoms with Gasteiger partial charge >= 0.3 is 0 Å². The van der Waals surface area contributed by atoms with Crippen LogP contribution < -0.4 is 10.2 Å². The zero-order chi connectivity index (χ0) is 26.0. The van der Waals surface area contributed by atoms with Crippen LogP contribution in [0.5, 0.6) is 0 Å². The summed E-state index contributed by atoms with van der Waals surface area (Å²) in [7, 11) is 2.12. The van der Waals surface area contributed by atoms with Gasteiger partial charge in [0.2, 0.25) is 5.95 Å². The molecule has 0 atom stereocenters. The van der Waals surface area contributed by atoms with Crippen molar-refractivity contribution in [3.8, 4) is 0 Å². The van der Waals surface area contributed by atoms with Gasteiger partial charge in [0.05, 0.1) is 21.3 Å². The number of benzene rings is 2. The Bertz CT molecular complexity index is 1270. The maximum Gasteiger partial charge on any atom is 0.255 e. The van der Waals surface area contributed by atoms with Gasteiger partial charge in [-0.25, -0.2) is 9.97 Å². The summed E-state index contributed by atoms with van der Waals surface area (Å²) < 4.78 is 0. The van der Waals surface area contributed by atoms with Gasteiger partial charge in [0.1, 0.15) is 0 Å². The van der Waals surface area contributed by atoms with E-state index in [2.05, 4.69) is 39.3 Å². The fourth-order valence-electron chi connectivity index (χ4n) is 5.40. The highest BCUT2D eigenvalue weighted by Crippen LogP contribution is 2.47. The van der Waals surface area contributed by atoms with Crippen LogP contribution in [0.25, 0.3) is 0 Å². The lowest BCUT2D eigenvalue weighted by Crippen LogP contribution is -2.45. The number of hydrogen-bond donors (Lipinski definition) is 1. The Labute approximate surface area is 232 Å². The molecule has 1 aliphatic heterocycles. The lowest BCUT2D eigenvalue weighted by atomic mass is 9.74. The van der Waals surface area contributed by atoms with E-state index in [0.717, 1.165) is 68.7 Å². The van der Waals surface area contributed by atoms with Crippen molar-refractivity contribution in [3.05, 3.63) is 86.1 Å². The molecule has 2 aliphatic rings. The zero-order valence-corrected chi connectivity index (χ0v) is 23.1. The van der Waals surface area contributed by atoms with E-state index in [1.807, 2.05) is 18.2 Å². The van der Waals surface area contributed by atoms with Crippen molar-refractivity contribution in [3.63, 3.8) is 0 Å². The Hall–Kier alpha value is -2.38. The molecule has 2 aromatic carbocycles. The topological polar surface area (TPSA) is 61.4 Å². The van der Waals surface area contributed by atoms with E-state index in [4.69, 9.17) is 39.8 Å². The zero-order valence-electron chi connectivity index (χ0n) is 20.8. The van der Waals surface area contributed by atoms with Crippen LogP contribution in [0.2, 0.25) is 15.1 Å². The average molecular weight is 559 g/mol. The Morgan fingerprint density at radius 2 is 1.68 bits per heavy atom. The molecule has 9 heteroatoms. The fraction of sp³-hybridized carbons (Fsp3) is 0.393. The van der Waals surface area contributed by atoms with Crippen LogP contribution in [-0.2, 0) is 12.0 Å². The van der Waals surface area contributed by atoms with Crippen LogP contribution >= 0.6 is 34.8 Å². The van der Waals surface area contributed by atoms with E-state index >= 15 is 0 Å². The first-order chi connectivity index (χ1) is 17.9. The van der Waals surface area contributed by atoms with Crippen LogP contribution in [0.3, 0.4) is 0 Å². The molecule has 1 aliphatic carbocycles. The fourth-order valence-corrected chi connectivity index (χ4v) is 5.85. The molecule has 1 N–H and O–H groups in total. The molecule has 0 radical (unpaired) electrons. The Kier molecular flexibility index (Phi) is 7.91. The van der Waals surface area contributed by atoms with Crippen molar-refractivity contribution in [2.45, 2.75) is 37.6 Å². The second-order valence-electron chi connectivity index (χ2n) is 9.95. The Morgan fingerprint density at radius 1 is 0.973 bits per heavy atom. The van der Waals surface area contributed by atoms with E-state index in [0.29, 0.717) is 33.1 Å². The number of rotatable bonds is 6. The Morgan fingerprint density at radius 3 is 2.35 bits per heavy atom. The normalized spacial score (nSPS) is 17.7. The summed E-state index contributed by atoms with van der Waals surface area (Å²) in [5.41, 5.74) is 2.94. The monoisotopic (exact) mass is 557 g/mol. The molecule has 37 heavy (non-hydrogen) atoms. The number of likely N-dealkylation sites (N-methyl/N-ethyl adjacent to an activating group) is 1. The number of carbonyl (C=O) groups excluding carboxylic acids is 1. The number of amides is 1. The molecular weight excluding hydrogens is 529 g/mol. The first-order valence-corrected chi connectivity index (χ1v) is 13.8. The number of nitrogens with zero attached hydrogens (tertiary/aromatic N) is 4. The number of carbonyl (C=O) groups is 1. The number of aromatic nitrogens is 2. The highest BCUT2D eigenvalue weighted by Gasteiger charge is 2.42. The maximum atomic E-state index is 13.6. The van der Waals surface area contributed by atoms with E-state index in [9.17, 15) is 4.79 Å². The molecule has 1 saturated carbocycles. The summed E-state index contributed by atoms with van der Waals surface area (Å²) in [4.78, 5) is 27.9. The van der Waals surface area contributed by atoms with Crippen molar-refractivity contribution in [2.75, 3.05) is 38.1 Å². The van der Waals surface area contributed by atoms with Gasteiger partial charge in [-0.1, -0.05) is 65.8 Å². The van der Waals surface area contributed by atoms with Crippen LogP contribution in [0.4, 0.5) is 5.95 Å². The van der Waals surface area contributed by atoms with Crippen molar-refractivity contribution in [1.29, 1.82) is 0 Å². The summed E-state index contributed by atoms with van der Waals surface area (Å²) in [6.07, 6.45) is 5.68. The summed E-state index contributed by atoms with van der Waals surface area (Å²) in [5, 5.41) is 4.68. The minimum atomic E-state index is -0.370. The third kappa shape index (κ3) is 5.58. The number of hydrogen-bond acceptors (Lipinski definition) is 5. The highest BCUT2D eigenvalue weighted by molar-refractivity contribution is 6.42.